The maximum Gasteiger partial charge on any atom is 0.231 e. The molecule has 0 aliphatic carbocycles. The highest BCUT2D eigenvalue weighted by Crippen LogP contribution is 2.34. The molecule has 0 bridgehead atoms. The van der Waals surface area contributed by atoms with E-state index in [1.807, 2.05) is 25.1 Å². The van der Waals surface area contributed by atoms with Crippen molar-refractivity contribution in [1.29, 1.82) is 0 Å². The fourth-order valence-corrected chi connectivity index (χ4v) is 4.25. The molecule has 3 aromatic rings. The number of amides is 1. The number of fused-ring (bicyclic) bond motifs is 1. The van der Waals surface area contributed by atoms with E-state index in [1.165, 1.54) is 29.2 Å². The first-order valence-corrected chi connectivity index (χ1v) is 10.6. The lowest BCUT2D eigenvalue weighted by Crippen LogP contribution is -2.28. The lowest BCUT2D eigenvalue weighted by molar-refractivity contribution is -0.119. The number of aromatic nitrogens is 2. The number of nitrogens with one attached hydrogen (secondary N) is 2. The van der Waals surface area contributed by atoms with Gasteiger partial charge < -0.3 is 20.1 Å². The van der Waals surface area contributed by atoms with Crippen molar-refractivity contribution >= 4 is 39.8 Å². The van der Waals surface area contributed by atoms with Crippen LogP contribution in [0.1, 0.15) is 18.5 Å². The van der Waals surface area contributed by atoms with Gasteiger partial charge in [-0.05, 0) is 36.8 Å². The van der Waals surface area contributed by atoms with Crippen LogP contribution in [0.3, 0.4) is 0 Å². The van der Waals surface area contributed by atoms with Gasteiger partial charge in [-0.25, -0.2) is 4.39 Å². The van der Waals surface area contributed by atoms with Gasteiger partial charge in [-0.3, -0.25) is 4.79 Å². The third-order valence-electron chi connectivity index (χ3n) is 4.12. The molecule has 1 amide bonds. The molecule has 29 heavy (non-hydrogen) atoms. The standard InChI is InChI=1S/C19H17FN4O3S2/c1-11(12-6-7-15-16(8-12)27-10-26-15)21-17(25)9-28-19-24-23-18(29-19)22-14-5-3-2-4-13(14)20/h2-8,11H,9-10H2,1H3,(H,21,25)(H,22,23). The summed E-state index contributed by atoms with van der Waals surface area (Å²) in [6, 6.07) is 11.8. The second-order valence-electron chi connectivity index (χ2n) is 6.17. The van der Waals surface area contributed by atoms with Gasteiger partial charge in [-0.15, -0.1) is 10.2 Å². The number of carbonyl (C=O) groups is 1. The minimum absolute atomic E-state index is 0.126. The second-order valence-corrected chi connectivity index (χ2v) is 8.37. The van der Waals surface area contributed by atoms with E-state index in [4.69, 9.17) is 9.47 Å². The third kappa shape index (κ3) is 4.77. The molecular formula is C19H17FN4O3S2. The average molecular weight is 433 g/mol. The Kier molecular flexibility index (Phi) is 5.81. The van der Waals surface area contributed by atoms with Crippen LogP contribution in [0.5, 0.6) is 11.5 Å². The number of benzene rings is 2. The molecule has 1 atom stereocenters. The molecule has 0 radical (unpaired) electrons. The van der Waals surface area contributed by atoms with Gasteiger partial charge in [0.25, 0.3) is 0 Å². The lowest BCUT2D eigenvalue weighted by atomic mass is 10.1. The van der Waals surface area contributed by atoms with E-state index >= 15 is 0 Å². The predicted molar refractivity (Wildman–Crippen MR) is 109 cm³/mol. The quantitative estimate of drug-likeness (QED) is 0.543. The van der Waals surface area contributed by atoms with Gasteiger partial charge in [-0.2, -0.15) is 0 Å². The van der Waals surface area contributed by atoms with E-state index in [0.717, 1.165) is 5.56 Å². The van der Waals surface area contributed by atoms with Crippen LogP contribution in [0.2, 0.25) is 0 Å². The number of carbonyl (C=O) groups excluding carboxylic acids is 1. The first-order valence-electron chi connectivity index (χ1n) is 8.75. The highest BCUT2D eigenvalue weighted by atomic mass is 32.2. The highest BCUT2D eigenvalue weighted by Gasteiger charge is 2.17. The second kappa shape index (κ2) is 8.66. The molecule has 1 aromatic heterocycles. The molecule has 7 nitrogen and oxygen atoms in total. The molecular weight excluding hydrogens is 415 g/mol. The fourth-order valence-electron chi connectivity index (χ4n) is 2.67. The van der Waals surface area contributed by atoms with E-state index in [2.05, 4.69) is 20.8 Å². The van der Waals surface area contributed by atoms with Crippen molar-refractivity contribution in [1.82, 2.24) is 15.5 Å². The predicted octanol–water partition coefficient (Wildman–Crippen LogP) is 4.12. The Morgan fingerprint density at radius 1 is 1.24 bits per heavy atom. The van der Waals surface area contributed by atoms with E-state index in [9.17, 15) is 9.18 Å². The number of para-hydroxylation sites is 1. The number of thioether (sulfide) groups is 1. The maximum atomic E-state index is 13.7. The van der Waals surface area contributed by atoms with Crippen LogP contribution in [0.4, 0.5) is 15.2 Å². The molecule has 0 saturated carbocycles. The first kappa shape index (κ1) is 19.5. The number of halogens is 1. The zero-order chi connectivity index (χ0) is 20.2. The van der Waals surface area contributed by atoms with Crippen molar-refractivity contribution in [2.75, 3.05) is 17.9 Å². The van der Waals surface area contributed by atoms with Crippen molar-refractivity contribution in [2.45, 2.75) is 17.3 Å². The smallest absolute Gasteiger partial charge is 0.231 e. The Hall–Kier alpha value is -2.85. The summed E-state index contributed by atoms with van der Waals surface area (Å²) in [6.07, 6.45) is 0. The molecule has 1 unspecified atom stereocenters. The van der Waals surface area contributed by atoms with Crippen molar-refractivity contribution in [3.63, 3.8) is 0 Å². The molecule has 1 aliphatic rings. The summed E-state index contributed by atoms with van der Waals surface area (Å²) >= 11 is 2.54. The largest absolute Gasteiger partial charge is 0.454 e. The number of hydrogen-bond donors (Lipinski definition) is 2. The molecule has 0 spiro atoms. The number of nitrogens with zero attached hydrogens (tertiary/aromatic N) is 2. The number of ether oxygens (including phenoxy) is 2. The summed E-state index contributed by atoms with van der Waals surface area (Å²) in [4.78, 5) is 12.3. The van der Waals surface area contributed by atoms with Crippen molar-refractivity contribution in [3.05, 3.63) is 53.8 Å². The summed E-state index contributed by atoms with van der Waals surface area (Å²) < 4.78 is 25.0. The zero-order valence-electron chi connectivity index (χ0n) is 15.3. The summed E-state index contributed by atoms with van der Waals surface area (Å²) in [5, 5.41) is 14.3. The molecule has 2 N–H and O–H groups in total. The number of rotatable bonds is 7. The van der Waals surface area contributed by atoms with Crippen LogP contribution in [-0.2, 0) is 4.79 Å². The van der Waals surface area contributed by atoms with Gasteiger partial charge in [0.1, 0.15) is 5.82 Å². The third-order valence-corrected chi connectivity index (χ3v) is 6.09. The first-order chi connectivity index (χ1) is 14.1. The molecule has 1 aliphatic heterocycles. The Morgan fingerprint density at radius 3 is 2.93 bits per heavy atom. The molecule has 4 rings (SSSR count). The normalized spacial score (nSPS) is 13.2. The molecule has 0 fully saturated rings. The summed E-state index contributed by atoms with van der Waals surface area (Å²) in [5.74, 6) is 1.09. The van der Waals surface area contributed by atoms with Gasteiger partial charge in [0, 0.05) is 0 Å². The van der Waals surface area contributed by atoms with E-state index in [-0.39, 0.29) is 30.3 Å². The number of anilines is 2. The Balaban J connectivity index is 1.28. The van der Waals surface area contributed by atoms with Crippen molar-refractivity contribution in [3.8, 4) is 11.5 Å². The molecule has 150 valence electrons. The molecule has 10 heteroatoms. The molecule has 2 heterocycles. The van der Waals surface area contributed by atoms with E-state index < -0.39 is 0 Å². The van der Waals surface area contributed by atoms with Gasteiger partial charge in [0.15, 0.2) is 15.8 Å². The van der Waals surface area contributed by atoms with Crippen LogP contribution in [0, 0.1) is 5.82 Å². The summed E-state index contributed by atoms with van der Waals surface area (Å²) in [7, 11) is 0. The fraction of sp³-hybridized carbons (Fsp3) is 0.211. The average Bonchev–Trinajstić information content (AvgIpc) is 3.36. The van der Waals surface area contributed by atoms with Gasteiger partial charge in [-0.1, -0.05) is 41.3 Å². The van der Waals surface area contributed by atoms with Crippen LogP contribution < -0.4 is 20.1 Å². The van der Waals surface area contributed by atoms with Crippen LogP contribution >= 0.6 is 23.1 Å². The highest BCUT2D eigenvalue weighted by molar-refractivity contribution is 8.01. The molecule has 0 saturated heterocycles. The summed E-state index contributed by atoms with van der Waals surface area (Å²) in [6.45, 7) is 2.12. The minimum atomic E-state index is -0.367. The van der Waals surface area contributed by atoms with Crippen LogP contribution in [0.15, 0.2) is 46.8 Å². The SMILES string of the molecule is CC(NC(=O)CSc1nnc(Nc2ccccc2F)s1)c1ccc2c(c1)OCO2. The number of hydrogen-bond acceptors (Lipinski definition) is 8. The van der Waals surface area contributed by atoms with Gasteiger partial charge >= 0.3 is 0 Å². The van der Waals surface area contributed by atoms with Crippen molar-refractivity contribution in [2.24, 2.45) is 0 Å². The van der Waals surface area contributed by atoms with Crippen LogP contribution in [0.25, 0.3) is 0 Å². The monoisotopic (exact) mass is 432 g/mol. The van der Waals surface area contributed by atoms with Gasteiger partial charge in [0.05, 0.1) is 17.5 Å². The minimum Gasteiger partial charge on any atom is -0.454 e. The zero-order valence-corrected chi connectivity index (χ0v) is 17.0. The van der Waals surface area contributed by atoms with E-state index in [1.54, 1.807) is 18.2 Å². The Labute approximate surface area is 174 Å². The lowest BCUT2D eigenvalue weighted by Gasteiger charge is -2.14. The Morgan fingerprint density at radius 2 is 2.07 bits per heavy atom. The summed E-state index contributed by atoms with van der Waals surface area (Å²) in [5.41, 5.74) is 1.26. The van der Waals surface area contributed by atoms with E-state index in [0.29, 0.717) is 26.7 Å². The van der Waals surface area contributed by atoms with Gasteiger partial charge in [0.2, 0.25) is 17.8 Å². The maximum absolute atomic E-state index is 13.7. The topological polar surface area (TPSA) is 85.4 Å². The Bertz CT molecular complexity index is 1030. The van der Waals surface area contributed by atoms with Crippen LogP contribution in [-0.4, -0.2) is 28.7 Å². The molecule has 2 aromatic carbocycles. The van der Waals surface area contributed by atoms with Crippen molar-refractivity contribution < 1.29 is 18.7 Å².